The van der Waals surface area contributed by atoms with Gasteiger partial charge < -0.3 is 9.32 Å². The van der Waals surface area contributed by atoms with E-state index >= 15 is 0 Å². The van der Waals surface area contributed by atoms with Gasteiger partial charge in [-0.15, -0.1) is 11.3 Å². The van der Waals surface area contributed by atoms with Crippen molar-refractivity contribution < 1.29 is 4.42 Å². The minimum atomic E-state index is -0.320. The smallest absolute Gasteiger partial charge is 0.346 e. The molecule has 0 spiro atoms. The number of thiazole rings is 1. The van der Waals surface area contributed by atoms with Gasteiger partial charge in [0, 0.05) is 35.1 Å². The summed E-state index contributed by atoms with van der Waals surface area (Å²) in [5.41, 5.74) is 2.92. The zero-order valence-electron chi connectivity index (χ0n) is 14.4. The fourth-order valence-corrected chi connectivity index (χ4v) is 4.30. The van der Waals surface area contributed by atoms with Crippen LogP contribution in [0.5, 0.6) is 0 Å². The molecule has 0 bridgehead atoms. The van der Waals surface area contributed by atoms with Crippen molar-refractivity contribution in [1.29, 1.82) is 0 Å². The molecule has 2 aromatic heterocycles. The number of rotatable bonds is 4. The van der Waals surface area contributed by atoms with Gasteiger partial charge in [0.1, 0.15) is 10.6 Å². The molecule has 0 radical (unpaired) electrons. The molecular formula is C20H20N2O2S. The third-order valence-electron chi connectivity index (χ3n) is 4.62. The number of allylic oxidation sites excluding steroid dienone is 1. The van der Waals surface area contributed by atoms with Crippen LogP contribution < -0.4 is 10.5 Å². The second-order valence-corrected chi connectivity index (χ2v) is 7.19. The molecule has 128 valence electrons. The van der Waals surface area contributed by atoms with E-state index in [0.29, 0.717) is 11.1 Å². The van der Waals surface area contributed by atoms with E-state index in [0.717, 1.165) is 47.7 Å². The second-order valence-electron chi connectivity index (χ2n) is 6.11. The highest BCUT2D eigenvalue weighted by atomic mass is 32.1. The Morgan fingerprint density at radius 1 is 1.24 bits per heavy atom. The van der Waals surface area contributed by atoms with E-state index in [2.05, 4.69) is 35.9 Å². The van der Waals surface area contributed by atoms with Gasteiger partial charge in [0.05, 0.1) is 11.3 Å². The van der Waals surface area contributed by atoms with Crippen LogP contribution in [0, 0.1) is 0 Å². The summed E-state index contributed by atoms with van der Waals surface area (Å²) in [7, 11) is 0. The van der Waals surface area contributed by atoms with Gasteiger partial charge in [0.2, 0.25) is 0 Å². The summed E-state index contributed by atoms with van der Waals surface area (Å²) >= 11 is 1.60. The van der Waals surface area contributed by atoms with Crippen molar-refractivity contribution in [1.82, 2.24) is 4.98 Å². The average Bonchev–Trinajstić information content (AvgIpc) is 3.06. The number of hydrogen-bond donors (Lipinski definition) is 0. The molecule has 1 aliphatic rings. The minimum Gasteiger partial charge on any atom is -0.422 e. The topological polar surface area (TPSA) is 46.3 Å². The molecule has 0 amide bonds. The molecule has 0 saturated carbocycles. The van der Waals surface area contributed by atoms with Gasteiger partial charge in [-0.3, -0.25) is 0 Å². The molecule has 0 fully saturated rings. The molecule has 0 saturated heterocycles. The molecule has 2 heterocycles. The number of anilines is 1. The Morgan fingerprint density at radius 2 is 2.08 bits per heavy atom. The summed E-state index contributed by atoms with van der Waals surface area (Å²) < 4.78 is 5.63. The third-order valence-corrected chi connectivity index (χ3v) is 5.78. The standard InChI is InChI=1S/C20H20N2O2S/c1-3-22(4-2)14-10-9-13-11-15(20(23)24-17(13)12-14)19-21-16-7-5-6-8-18(16)25-19/h5,7,9-12H,3-4,6,8H2,1-2H3. The van der Waals surface area contributed by atoms with Crippen molar-refractivity contribution >= 4 is 34.1 Å². The van der Waals surface area contributed by atoms with Crippen molar-refractivity contribution in [3.63, 3.8) is 0 Å². The zero-order valence-corrected chi connectivity index (χ0v) is 15.2. The first kappa shape index (κ1) is 16.1. The van der Waals surface area contributed by atoms with Crippen LogP contribution in [0.3, 0.4) is 0 Å². The molecule has 1 aromatic carbocycles. The van der Waals surface area contributed by atoms with Crippen LogP contribution in [0.15, 0.2) is 39.6 Å². The monoisotopic (exact) mass is 352 g/mol. The predicted octanol–water partition coefficient (Wildman–Crippen LogP) is 4.72. The Morgan fingerprint density at radius 3 is 2.84 bits per heavy atom. The van der Waals surface area contributed by atoms with E-state index in [1.54, 1.807) is 11.3 Å². The van der Waals surface area contributed by atoms with Crippen LogP contribution in [-0.4, -0.2) is 18.1 Å². The van der Waals surface area contributed by atoms with Crippen LogP contribution in [0.4, 0.5) is 5.69 Å². The molecular weight excluding hydrogens is 332 g/mol. The minimum absolute atomic E-state index is 0.320. The fourth-order valence-electron chi connectivity index (χ4n) is 3.23. The molecule has 4 rings (SSSR count). The van der Waals surface area contributed by atoms with Crippen LogP contribution in [-0.2, 0) is 6.42 Å². The average molecular weight is 352 g/mol. The molecule has 0 atom stereocenters. The molecule has 0 aliphatic heterocycles. The van der Waals surface area contributed by atoms with E-state index in [1.165, 1.54) is 4.88 Å². The van der Waals surface area contributed by atoms with Crippen molar-refractivity contribution in [2.45, 2.75) is 26.7 Å². The van der Waals surface area contributed by atoms with Gasteiger partial charge >= 0.3 is 5.63 Å². The maximum atomic E-state index is 12.5. The Kier molecular flexibility index (Phi) is 4.17. The van der Waals surface area contributed by atoms with Gasteiger partial charge in [-0.2, -0.15) is 0 Å². The van der Waals surface area contributed by atoms with Crippen LogP contribution in [0.1, 0.15) is 30.8 Å². The van der Waals surface area contributed by atoms with Crippen molar-refractivity contribution in [3.05, 3.63) is 51.3 Å². The van der Waals surface area contributed by atoms with E-state index in [9.17, 15) is 4.79 Å². The maximum absolute atomic E-state index is 12.5. The third kappa shape index (κ3) is 2.89. The normalized spacial score (nSPS) is 13.2. The van der Waals surface area contributed by atoms with Crippen molar-refractivity contribution in [2.75, 3.05) is 18.0 Å². The largest absolute Gasteiger partial charge is 0.422 e. The summed E-state index contributed by atoms with van der Waals surface area (Å²) in [4.78, 5) is 20.6. The van der Waals surface area contributed by atoms with Gasteiger partial charge in [-0.25, -0.2) is 9.78 Å². The van der Waals surface area contributed by atoms with E-state index in [4.69, 9.17) is 4.42 Å². The number of hydrogen-bond acceptors (Lipinski definition) is 5. The zero-order chi connectivity index (χ0) is 17.4. The Hall–Kier alpha value is -2.40. The molecule has 25 heavy (non-hydrogen) atoms. The van der Waals surface area contributed by atoms with Gasteiger partial charge in [0.25, 0.3) is 0 Å². The number of nitrogens with zero attached hydrogens (tertiary/aromatic N) is 2. The van der Waals surface area contributed by atoms with Crippen LogP contribution >= 0.6 is 11.3 Å². The summed E-state index contributed by atoms with van der Waals surface area (Å²) in [5, 5.41) is 1.68. The maximum Gasteiger partial charge on any atom is 0.346 e. The number of fused-ring (bicyclic) bond motifs is 2. The number of benzene rings is 1. The SMILES string of the molecule is CCN(CC)c1ccc2cc(-c3nc4c(s3)CCC=C4)c(=O)oc2c1. The quantitative estimate of drug-likeness (QED) is 0.637. The Bertz CT molecular complexity index is 1010. The lowest BCUT2D eigenvalue weighted by Gasteiger charge is -2.20. The van der Waals surface area contributed by atoms with Crippen LogP contribution in [0.25, 0.3) is 27.6 Å². The summed E-state index contributed by atoms with van der Waals surface area (Å²) in [5.74, 6) is 0. The number of aromatic nitrogens is 1. The highest BCUT2D eigenvalue weighted by molar-refractivity contribution is 7.15. The highest BCUT2D eigenvalue weighted by Gasteiger charge is 2.17. The number of aryl methyl sites for hydroxylation is 1. The fraction of sp³-hybridized carbons (Fsp3) is 0.300. The van der Waals surface area contributed by atoms with E-state index in [-0.39, 0.29) is 5.63 Å². The van der Waals surface area contributed by atoms with Gasteiger partial charge in [-0.05, 0) is 51.0 Å². The molecule has 1 aliphatic carbocycles. The van der Waals surface area contributed by atoms with Gasteiger partial charge in [-0.1, -0.05) is 6.08 Å². The van der Waals surface area contributed by atoms with E-state index in [1.807, 2.05) is 24.3 Å². The molecule has 5 heteroatoms. The first-order valence-electron chi connectivity index (χ1n) is 8.69. The Balaban J connectivity index is 1.80. The van der Waals surface area contributed by atoms with Crippen molar-refractivity contribution in [3.8, 4) is 10.6 Å². The first-order chi connectivity index (χ1) is 12.2. The molecule has 3 aromatic rings. The Labute approximate surface area is 150 Å². The summed E-state index contributed by atoms with van der Waals surface area (Å²) in [6.45, 7) is 6.07. The van der Waals surface area contributed by atoms with Crippen LogP contribution in [0.2, 0.25) is 0 Å². The highest BCUT2D eigenvalue weighted by Crippen LogP contribution is 2.32. The summed E-state index contributed by atoms with van der Waals surface area (Å²) in [6, 6.07) is 7.95. The lowest BCUT2D eigenvalue weighted by atomic mass is 10.1. The van der Waals surface area contributed by atoms with Crippen molar-refractivity contribution in [2.24, 2.45) is 0 Å². The molecule has 4 nitrogen and oxygen atoms in total. The molecule has 0 unspecified atom stereocenters. The predicted molar refractivity (Wildman–Crippen MR) is 105 cm³/mol. The summed E-state index contributed by atoms with van der Waals surface area (Å²) in [6.07, 6.45) is 6.20. The lowest BCUT2D eigenvalue weighted by Crippen LogP contribution is -2.21. The lowest BCUT2D eigenvalue weighted by molar-refractivity contribution is 0.563. The molecule has 0 N–H and O–H groups in total. The van der Waals surface area contributed by atoms with Gasteiger partial charge in [0.15, 0.2) is 0 Å². The first-order valence-corrected chi connectivity index (χ1v) is 9.50. The second kappa shape index (κ2) is 6.48. The van der Waals surface area contributed by atoms with E-state index < -0.39 is 0 Å².